The summed E-state index contributed by atoms with van der Waals surface area (Å²) in [5.41, 5.74) is -2.69. The maximum absolute atomic E-state index is 12.5. The monoisotopic (exact) mass is 360 g/mol. The molecule has 0 fully saturated rings. The Morgan fingerprint density at radius 1 is 0.731 bits per heavy atom. The molecule has 0 amide bonds. The molecule has 3 aromatic rings. The molecule has 0 spiro atoms. The molecule has 0 radical (unpaired) electrons. The van der Waals surface area contributed by atoms with Crippen LogP contribution in [0, 0.1) is 0 Å². The first-order valence-electron chi connectivity index (χ1n) is 8.65. The standard InChI is InChI=1S/C16H20N6O4/c1-3-5-7-21-13(23)9-11(19-15(21)25)18-10-12(17-9)20-16(26)22(14(10)24)8-6-4-2/h3-8H2,1-2H3,(H,18,19,25)(H,17,20,26). The molecule has 26 heavy (non-hydrogen) atoms. The number of unbranched alkanes of at least 4 members (excludes halogenated alkanes) is 2. The van der Waals surface area contributed by atoms with Gasteiger partial charge in [-0.3, -0.25) is 28.7 Å². The van der Waals surface area contributed by atoms with Crippen LogP contribution in [0.2, 0.25) is 0 Å². The molecule has 0 aromatic carbocycles. The van der Waals surface area contributed by atoms with Gasteiger partial charge in [-0.15, -0.1) is 0 Å². The summed E-state index contributed by atoms with van der Waals surface area (Å²) >= 11 is 0. The second-order valence-electron chi connectivity index (χ2n) is 6.10. The smallest absolute Gasteiger partial charge is 0.290 e. The molecule has 2 N–H and O–H groups in total. The first kappa shape index (κ1) is 17.8. The summed E-state index contributed by atoms with van der Waals surface area (Å²) in [6.45, 7) is 4.41. The van der Waals surface area contributed by atoms with E-state index in [1.54, 1.807) is 0 Å². The van der Waals surface area contributed by atoms with Crippen LogP contribution >= 0.6 is 0 Å². The zero-order chi connectivity index (χ0) is 18.8. The van der Waals surface area contributed by atoms with Crippen molar-refractivity contribution in [2.75, 3.05) is 0 Å². The van der Waals surface area contributed by atoms with Crippen LogP contribution in [0.15, 0.2) is 19.2 Å². The largest absolute Gasteiger partial charge is 0.330 e. The highest BCUT2D eigenvalue weighted by atomic mass is 16.2. The lowest BCUT2D eigenvalue weighted by molar-refractivity contribution is 0.585. The van der Waals surface area contributed by atoms with Gasteiger partial charge in [0, 0.05) is 13.1 Å². The van der Waals surface area contributed by atoms with Gasteiger partial charge < -0.3 is 0 Å². The minimum absolute atomic E-state index is 0.0635. The predicted octanol–water partition coefficient (Wildman–Crippen LogP) is 0.0832. The third kappa shape index (κ3) is 2.98. The number of hydrogen-bond donors (Lipinski definition) is 2. The molecule has 10 nitrogen and oxygen atoms in total. The summed E-state index contributed by atoms with van der Waals surface area (Å²) in [5, 5.41) is 0. The van der Waals surface area contributed by atoms with Crippen LogP contribution in [-0.2, 0) is 13.1 Å². The van der Waals surface area contributed by atoms with Crippen LogP contribution in [0.25, 0.3) is 22.3 Å². The van der Waals surface area contributed by atoms with Crippen molar-refractivity contribution in [2.24, 2.45) is 0 Å². The number of nitrogens with one attached hydrogen (secondary N) is 2. The van der Waals surface area contributed by atoms with Gasteiger partial charge in [0.05, 0.1) is 0 Å². The highest BCUT2D eigenvalue weighted by molar-refractivity contribution is 5.80. The van der Waals surface area contributed by atoms with E-state index >= 15 is 0 Å². The number of aromatic amines is 2. The Morgan fingerprint density at radius 3 is 1.46 bits per heavy atom. The van der Waals surface area contributed by atoms with Gasteiger partial charge in [-0.05, 0) is 12.8 Å². The number of rotatable bonds is 6. The fourth-order valence-electron chi connectivity index (χ4n) is 2.72. The van der Waals surface area contributed by atoms with E-state index in [9.17, 15) is 19.2 Å². The Morgan fingerprint density at radius 2 is 1.12 bits per heavy atom. The van der Waals surface area contributed by atoms with Crippen molar-refractivity contribution >= 4 is 22.3 Å². The normalized spacial score (nSPS) is 11.5. The topological polar surface area (TPSA) is 136 Å². The van der Waals surface area contributed by atoms with E-state index in [0.717, 1.165) is 22.0 Å². The number of nitrogens with zero attached hydrogens (tertiary/aromatic N) is 4. The Labute approximate surface area is 146 Å². The van der Waals surface area contributed by atoms with Crippen LogP contribution < -0.4 is 22.5 Å². The summed E-state index contributed by atoms with van der Waals surface area (Å²) in [7, 11) is 0. The average molecular weight is 360 g/mol. The Bertz CT molecular complexity index is 1100. The molecule has 0 aliphatic carbocycles. The lowest BCUT2D eigenvalue weighted by Gasteiger charge is -2.07. The fraction of sp³-hybridized carbons (Fsp3) is 0.500. The van der Waals surface area contributed by atoms with Crippen LogP contribution in [0.4, 0.5) is 0 Å². The SMILES string of the molecule is CCCCn1c(=O)[nH]c2nc3c(=O)n(CCCC)c(=O)[nH]c3nc2c1=O. The van der Waals surface area contributed by atoms with Gasteiger partial charge in [-0.1, -0.05) is 26.7 Å². The lowest BCUT2D eigenvalue weighted by Crippen LogP contribution is -2.38. The van der Waals surface area contributed by atoms with Crippen molar-refractivity contribution in [1.29, 1.82) is 0 Å². The maximum atomic E-state index is 12.5. The van der Waals surface area contributed by atoms with Gasteiger partial charge in [0.25, 0.3) is 11.1 Å². The van der Waals surface area contributed by atoms with E-state index in [-0.39, 0.29) is 35.4 Å². The molecule has 0 atom stereocenters. The summed E-state index contributed by atoms with van der Waals surface area (Å²) in [4.78, 5) is 62.6. The number of hydrogen-bond acceptors (Lipinski definition) is 6. The average Bonchev–Trinajstić information content (AvgIpc) is 2.61. The van der Waals surface area contributed by atoms with Crippen LogP contribution in [0.5, 0.6) is 0 Å². The van der Waals surface area contributed by atoms with Gasteiger partial charge in [-0.25, -0.2) is 19.6 Å². The molecule has 0 saturated heterocycles. The minimum Gasteiger partial charge on any atom is -0.290 e. The summed E-state index contributed by atoms with van der Waals surface area (Å²) in [5.74, 6) is 0. The van der Waals surface area contributed by atoms with E-state index in [1.165, 1.54) is 0 Å². The van der Waals surface area contributed by atoms with E-state index in [0.29, 0.717) is 12.8 Å². The zero-order valence-corrected chi connectivity index (χ0v) is 14.7. The fourth-order valence-corrected chi connectivity index (χ4v) is 2.72. The zero-order valence-electron chi connectivity index (χ0n) is 14.7. The van der Waals surface area contributed by atoms with Crippen molar-refractivity contribution in [2.45, 2.75) is 52.6 Å². The Kier molecular flexibility index (Phi) is 4.83. The third-order valence-corrected chi connectivity index (χ3v) is 4.20. The van der Waals surface area contributed by atoms with E-state index in [2.05, 4.69) is 19.9 Å². The van der Waals surface area contributed by atoms with Gasteiger partial charge in [-0.2, -0.15) is 0 Å². The summed E-state index contributed by atoms with van der Waals surface area (Å²) in [6, 6.07) is 0. The van der Waals surface area contributed by atoms with Crippen molar-refractivity contribution < 1.29 is 0 Å². The van der Waals surface area contributed by atoms with E-state index < -0.39 is 22.5 Å². The maximum Gasteiger partial charge on any atom is 0.330 e. The molecular formula is C16H20N6O4. The molecule has 0 unspecified atom stereocenters. The summed E-state index contributed by atoms with van der Waals surface area (Å²) in [6.07, 6.45) is 2.96. The molecule has 3 rings (SSSR count). The number of fused-ring (bicyclic) bond motifs is 2. The Hall–Kier alpha value is -3.04. The first-order valence-corrected chi connectivity index (χ1v) is 8.65. The highest BCUT2D eigenvalue weighted by Crippen LogP contribution is 2.05. The van der Waals surface area contributed by atoms with Crippen LogP contribution in [0.3, 0.4) is 0 Å². The van der Waals surface area contributed by atoms with Crippen molar-refractivity contribution in [3.63, 3.8) is 0 Å². The lowest BCUT2D eigenvalue weighted by atomic mass is 10.3. The van der Waals surface area contributed by atoms with Gasteiger partial charge in [0.2, 0.25) is 0 Å². The number of aromatic nitrogens is 6. The molecule has 3 heterocycles. The predicted molar refractivity (Wildman–Crippen MR) is 96.6 cm³/mol. The molecule has 0 bridgehead atoms. The van der Waals surface area contributed by atoms with Crippen molar-refractivity contribution in [3.05, 3.63) is 41.7 Å². The van der Waals surface area contributed by atoms with Crippen LogP contribution in [0.1, 0.15) is 39.5 Å². The minimum atomic E-state index is -0.597. The number of H-pyrrole nitrogens is 2. The van der Waals surface area contributed by atoms with Gasteiger partial charge >= 0.3 is 11.4 Å². The van der Waals surface area contributed by atoms with Crippen molar-refractivity contribution in [1.82, 2.24) is 29.1 Å². The second-order valence-corrected chi connectivity index (χ2v) is 6.10. The molecule has 0 aliphatic rings. The molecule has 3 aromatic heterocycles. The third-order valence-electron chi connectivity index (χ3n) is 4.20. The molecule has 10 heteroatoms. The van der Waals surface area contributed by atoms with E-state index in [1.807, 2.05) is 13.8 Å². The van der Waals surface area contributed by atoms with Gasteiger partial charge in [0.15, 0.2) is 22.3 Å². The van der Waals surface area contributed by atoms with Crippen molar-refractivity contribution in [3.8, 4) is 0 Å². The highest BCUT2D eigenvalue weighted by Gasteiger charge is 2.15. The molecule has 0 aliphatic heterocycles. The molecule has 138 valence electrons. The molecule has 0 saturated carbocycles. The van der Waals surface area contributed by atoms with Crippen LogP contribution in [-0.4, -0.2) is 29.1 Å². The van der Waals surface area contributed by atoms with Gasteiger partial charge in [0.1, 0.15) is 0 Å². The Balaban J connectivity index is 2.30. The van der Waals surface area contributed by atoms with E-state index in [4.69, 9.17) is 0 Å². The first-order chi connectivity index (χ1) is 12.5. The summed E-state index contributed by atoms with van der Waals surface area (Å²) < 4.78 is 2.10. The second kappa shape index (κ2) is 7.06. The quantitative estimate of drug-likeness (QED) is 0.598. The molecular weight excluding hydrogens is 340 g/mol.